The van der Waals surface area contributed by atoms with Crippen molar-refractivity contribution in [3.63, 3.8) is 0 Å². The van der Waals surface area contributed by atoms with Crippen LogP contribution < -0.4 is 5.32 Å². The van der Waals surface area contributed by atoms with Crippen molar-refractivity contribution in [1.82, 2.24) is 5.32 Å². The molecule has 1 aromatic rings. The molecule has 0 spiro atoms. The zero-order valence-corrected chi connectivity index (χ0v) is 15.3. The van der Waals surface area contributed by atoms with Crippen LogP contribution in [0.4, 0.5) is 0 Å². The predicted octanol–water partition coefficient (Wildman–Crippen LogP) is 3.93. The van der Waals surface area contributed by atoms with Crippen molar-refractivity contribution in [2.45, 2.75) is 44.6 Å². The molecule has 1 N–H and O–H groups in total. The van der Waals surface area contributed by atoms with Crippen LogP contribution in [0.3, 0.4) is 0 Å². The molecule has 0 radical (unpaired) electrons. The van der Waals surface area contributed by atoms with Crippen LogP contribution in [0.5, 0.6) is 0 Å². The fourth-order valence-corrected chi connectivity index (χ4v) is 3.42. The third kappa shape index (κ3) is 5.96. The molecule has 7 heteroatoms. The minimum Gasteiger partial charge on any atom is -0.350 e. The minimum absolute atomic E-state index is 0.0162. The molecule has 0 fully saturated rings. The van der Waals surface area contributed by atoms with Gasteiger partial charge in [0.15, 0.2) is 0 Å². The highest BCUT2D eigenvalue weighted by molar-refractivity contribution is 9.10. The van der Waals surface area contributed by atoms with E-state index in [0.717, 1.165) is 12.8 Å². The summed E-state index contributed by atoms with van der Waals surface area (Å²) in [6, 6.07) is 4.22. The standard InChI is InChI=1S/C14H19BrClNO3S/c1-4-9(2)5-10(3)17-14(18)11-6-12(15)8-13(7-11)21(16,19)20/h6-10H,4-5H2,1-3H3,(H,17,18). The molecule has 0 bridgehead atoms. The summed E-state index contributed by atoms with van der Waals surface area (Å²) in [4.78, 5) is 12.1. The highest BCUT2D eigenvalue weighted by atomic mass is 79.9. The zero-order valence-electron chi connectivity index (χ0n) is 12.2. The molecule has 1 aromatic carbocycles. The normalized spacial score (nSPS) is 14.5. The van der Waals surface area contributed by atoms with Gasteiger partial charge in [0.05, 0.1) is 4.90 Å². The van der Waals surface area contributed by atoms with Gasteiger partial charge in [-0.15, -0.1) is 0 Å². The molecule has 2 unspecified atom stereocenters. The largest absolute Gasteiger partial charge is 0.350 e. The van der Waals surface area contributed by atoms with Crippen molar-refractivity contribution in [2.75, 3.05) is 0 Å². The molecule has 0 aromatic heterocycles. The molecule has 0 aliphatic heterocycles. The average Bonchev–Trinajstić information content (AvgIpc) is 2.36. The summed E-state index contributed by atoms with van der Waals surface area (Å²) in [6.07, 6.45) is 1.92. The number of rotatable bonds is 6. The molecule has 0 heterocycles. The average molecular weight is 397 g/mol. The van der Waals surface area contributed by atoms with Crippen molar-refractivity contribution >= 4 is 41.6 Å². The molecule has 0 saturated carbocycles. The second kappa shape index (κ2) is 7.61. The molecular formula is C14H19BrClNO3S. The summed E-state index contributed by atoms with van der Waals surface area (Å²) in [5.74, 6) is 0.204. The Morgan fingerprint density at radius 2 is 1.95 bits per heavy atom. The van der Waals surface area contributed by atoms with E-state index >= 15 is 0 Å². The van der Waals surface area contributed by atoms with E-state index in [1.165, 1.54) is 12.1 Å². The van der Waals surface area contributed by atoms with Crippen LogP contribution in [-0.2, 0) is 9.05 Å². The van der Waals surface area contributed by atoms with Crippen molar-refractivity contribution < 1.29 is 13.2 Å². The maximum absolute atomic E-state index is 12.2. The third-order valence-electron chi connectivity index (χ3n) is 3.25. The first-order valence-electron chi connectivity index (χ1n) is 6.69. The molecule has 118 valence electrons. The van der Waals surface area contributed by atoms with Crippen LogP contribution in [0.25, 0.3) is 0 Å². The van der Waals surface area contributed by atoms with Gasteiger partial charge in [-0.2, -0.15) is 0 Å². The van der Waals surface area contributed by atoms with Gasteiger partial charge in [-0.05, 0) is 37.5 Å². The van der Waals surface area contributed by atoms with Gasteiger partial charge >= 0.3 is 0 Å². The number of amides is 1. The van der Waals surface area contributed by atoms with Gasteiger partial charge in [0.1, 0.15) is 0 Å². The van der Waals surface area contributed by atoms with Crippen LogP contribution in [0, 0.1) is 5.92 Å². The van der Waals surface area contributed by atoms with Gasteiger partial charge < -0.3 is 5.32 Å². The molecule has 4 nitrogen and oxygen atoms in total. The number of benzene rings is 1. The van der Waals surface area contributed by atoms with Gasteiger partial charge in [0.25, 0.3) is 15.0 Å². The van der Waals surface area contributed by atoms with Gasteiger partial charge in [0, 0.05) is 26.8 Å². The Morgan fingerprint density at radius 1 is 1.33 bits per heavy atom. The lowest BCUT2D eigenvalue weighted by molar-refractivity contribution is 0.0935. The van der Waals surface area contributed by atoms with Crippen molar-refractivity contribution in [3.8, 4) is 0 Å². The molecule has 0 aliphatic rings. The summed E-state index contributed by atoms with van der Waals surface area (Å²) in [6.45, 7) is 6.16. The number of hydrogen-bond acceptors (Lipinski definition) is 3. The van der Waals surface area contributed by atoms with Gasteiger partial charge in [-0.3, -0.25) is 4.79 Å². The number of nitrogens with one attached hydrogen (secondary N) is 1. The number of carbonyl (C=O) groups excluding carboxylic acids is 1. The highest BCUT2D eigenvalue weighted by Gasteiger charge is 2.17. The lowest BCUT2D eigenvalue weighted by atomic mass is 10.0. The summed E-state index contributed by atoms with van der Waals surface area (Å²) in [5, 5.41) is 2.87. The summed E-state index contributed by atoms with van der Waals surface area (Å²) < 4.78 is 23.2. The third-order valence-corrected chi connectivity index (χ3v) is 5.04. The molecule has 0 saturated heterocycles. The lowest BCUT2D eigenvalue weighted by Gasteiger charge is -2.17. The van der Waals surface area contributed by atoms with Gasteiger partial charge in [-0.25, -0.2) is 8.42 Å². The quantitative estimate of drug-likeness (QED) is 0.741. The Morgan fingerprint density at radius 3 is 2.48 bits per heavy atom. The molecule has 1 amide bonds. The van der Waals surface area contributed by atoms with Crippen LogP contribution in [0.2, 0.25) is 0 Å². The van der Waals surface area contributed by atoms with Crippen molar-refractivity contribution in [2.24, 2.45) is 5.92 Å². The van der Waals surface area contributed by atoms with Crippen molar-refractivity contribution in [1.29, 1.82) is 0 Å². The van der Waals surface area contributed by atoms with Crippen LogP contribution in [0.15, 0.2) is 27.6 Å². The highest BCUT2D eigenvalue weighted by Crippen LogP contribution is 2.22. The second-order valence-electron chi connectivity index (χ2n) is 5.24. The van der Waals surface area contributed by atoms with Crippen LogP contribution >= 0.6 is 26.6 Å². The molecule has 1 rings (SSSR count). The maximum atomic E-state index is 12.2. The van der Waals surface area contributed by atoms with Gasteiger partial charge in [-0.1, -0.05) is 36.2 Å². The monoisotopic (exact) mass is 395 g/mol. The summed E-state index contributed by atoms with van der Waals surface area (Å²) in [7, 11) is 1.45. The SMILES string of the molecule is CCC(C)CC(C)NC(=O)c1cc(Br)cc(S(=O)(=O)Cl)c1. The first kappa shape index (κ1) is 18.5. The fraction of sp³-hybridized carbons (Fsp3) is 0.500. The first-order chi connectivity index (χ1) is 9.63. The first-order valence-corrected chi connectivity index (χ1v) is 9.79. The summed E-state index contributed by atoms with van der Waals surface area (Å²) >= 11 is 3.19. The van der Waals surface area contributed by atoms with E-state index in [-0.39, 0.29) is 22.4 Å². The topological polar surface area (TPSA) is 63.2 Å². The summed E-state index contributed by atoms with van der Waals surface area (Å²) in [5.41, 5.74) is 0.264. The van der Waals surface area contributed by atoms with E-state index < -0.39 is 9.05 Å². The van der Waals surface area contributed by atoms with E-state index in [1.54, 1.807) is 6.07 Å². The molecule has 21 heavy (non-hydrogen) atoms. The Balaban J connectivity index is 2.91. The Labute approximate surface area is 138 Å². The maximum Gasteiger partial charge on any atom is 0.261 e. The van der Waals surface area contributed by atoms with Crippen LogP contribution in [0.1, 0.15) is 44.0 Å². The number of carbonyl (C=O) groups is 1. The Kier molecular flexibility index (Phi) is 6.69. The zero-order chi connectivity index (χ0) is 16.2. The van der Waals surface area contributed by atoms with E-state index in [4.69, 9.17) is 10.7 Å². The lowest BCUT2D eigenvalue weighted by Crippen LogP contribution is -2.33. The molecular weight excluding hydrogens is 378 g/mol. The molecule has 0 aliphatic carbocycles. The minimum atomic E-state index is -3.87. The van der Waals surface area contributed by atoms with Crippen LogP contribution in [-0.4, -0.2) is 20.4 Å². The van der Waals surface area contributed by atoms with E-state index in [2.05, 4.69) is 35.1 Å². The van der Waals surface area contributed by atoms with E-state index in [0.29, 0.717) is 10.4 Å². The number of hydrogen-bond donors (Lipinski definition) is 1. The fourth-order valence-electron chi connectivity index (χ4n) is 1.97. The number of halogens is 2. The predicted molar refractivity (Wildman–Crippen MR) is 88.2 cm³/mol. The second-order valence-corrected chi connectivity index (χ2v) is 8.72. The smallest absolute Gasteiger partial charge is 0.261 e. The van der Waals surface area contributed by atoms with Crippen molar-refractivity contribution in [3.05, 3.63) is 28.2 Å². The molecule has 2 atom stereocenters. The van der Waals surface area contributed by atoms with Gasteiger partial charge in [0.2, 0.25) is 0 Å². The Bertz CT molecular complexity index is 619. The Hall–Kier alpha value is -0.590. The van der Waals surface area contributed by atoms with E-state index in [1.807, 2.05) is 6.92 Å². The van der Waals surface area contributed by atoms with E-state index in [9.17, 15) is 13.2 Å².